The summed E-state index contributed by atoms with van der Waals surface area (Å²) in [6.07, 6.45) is 7.89. The first-order valence-corrected chi connectivity index (χ1v) is 21.9. The van der Waals surface area contributed by atoms with Crippen LogP contribution in [0.25, 0.3) is 0 Å². The number of rotatable bonds is 20. The van der Waals surface area contributed by atoms with Crippen LogP contribution in [-0.4, -0.2) is 107 Å². The fourth-order valence-electron chi connectivity index (χ4n) is 7.44. The number of benzene rings is 2. The molecule has 15 nitrogen and oxygen atoms in total. The number of anilines is 1. The topological polar surface area (TPSA) is 225 Å². The molecule has 2 heterocycles. The highest BCUT2D eigenvalue weighted by Gasteiger charge is 2.48. The van der Waals surface area contributed by atoms with Crippen molar-refractivity contribution in [3.8, 4) is 0 Å². The highest BCUT2D eigenvalue weighted by Crippen LogP contribution is 2.51. The molecule has 0 amide bonds. The molecule has 18 heteroatoms. The number of methoxy groups -OCH3 is 2. The summed E-state index contributed by atoms with van der Waals surface area (Å²) in [4.78, 5) is 12.5. The molecule has 2 aromatic carbocycles. The Balaban J connectivity index is 1.90. The van der Waals surface area contributed by atoms with Crippen LogP contribution in [0.5, 0.6) is 0 Å². The molecular formula is C36H49N2O13S3+. The van der Waals surface area contributed by atoms with Crippen molar-refractivity contribution in [1.82, 2.24) is 0 Å². The first kappa shape index (κ1) is 43.2. The molecule has 2 atom stereocenters. The van der Waals surface area contributed by atoms with Gasteiger partial charge in [-0.1, -0.05) is 6.08 Å². The molecule has 2 aliphatic rings. The first-order valence-electron chi connectivity index (χ1n) is 17.4. The Bertz CT molecular complexity index is 2160. The third-order valence-electron chi connectivity index (χ3n) is 10.2. The van der Waals surface area contributed by atoms with Gasteiger partial charge < -0.3 is 19.5 Å². The molecule has 0 spiro atoms. The Kier molecular flexibility index (Phi) is 13.7. The van der Waals surface area contributed by atoms with Crippen molar-refractivity contribution in [2.45, 2.75) is 79.4 Å². The zero-order valence-electron chi connectivity index (χ0n) is 30.8. The van der Waals surface area contributed by atoms with E-state index in [-0.39, 0.29) is 35.7 Å². The van der Waals surface area contributed by atoms with Gasteiger partial charge in [0.2, 0.25) is 5.69 Å². The number of aliphatic carboxylic acids is 1. The average Bonchev–Trinajstić information content (AvgIpc) is 3.44. The molecule has 4 rings (SSSR count). The summed E-state index contributed by atoms with van der Waals surface area (Å²) in [5, 5.41) is 9.12. The van der Waals surface area contributed by atoms with Gasteiger partial charge in [0.25, 0.3) is 30.4 Å². The van der Waals surface area contributed by atoms with Crippen molar-refractivity contribution < 1.29 is 62.9 Å². The van der Waals surface area contributed by atoms with E-state index in [9.17, 15) is 43.7 Å². The predicted molar refractivity (Wildman–Crippen MR) is 202 cm³/mol. The van der Waals surface area contributed by atoms with E-state index in [4.69, 9.17) is 14.6 Å². The maximum absolute atomic E-state index is 12.2. The van der Waals surface area contributed by atoms with Gasteiger partial charge in [0.1, 0.15) is 6.54 Å². The van der Waals surface area contributed by atoms with Gasteiger partial charge in [-0.2, -0.15) is 29.8 Å². The molecule has 0 saturated heterocycles. The lowest BCUT2D eigenvalue weighted by atomic mass is 9.76. The Morgan fingerprint density at radius 2 is 1.44 bits per heavy atom. The van der Waals surface area contributed by atoms with Crippen molar-refractivity contribution in [3.05, 3.63) is 71.5 Å². The summed E-state index contributed by atoms with van der Waals surface area (Å²) in [6, 6.07) is 8.65. The quantitative estimate of drug-likeness (QED) is 0.0805. The summed E-state index contributed by atoms with van der Waals surface area (Å²) >= 11 is 0. The van der Waals surface area contributed by atoms with Crippen LogP contribution < -0.4 is 4.90 Å². The SMILES string of the molecule is COCCN1/C(=C/C=C/C2=[N+](CCCCCC(=O)O)c3ccc(S(=O)(=O)O)cc3C2(C)CCOC)C(C)(CCCS(=O)(=O)O)c2cc(S(=O)(=O)O)ccc21. The summed E-state index contributed by atoms with van der Waals surface area (Å²) < 4.78 is 115. The largest absolute Gasteiger partial charge is 0.481 e. The van der Waals surface area contributed by atoms with Crippen molar-refractivity contribution in [3.63, 3.8) is 0 Å². The minimum atomic E-state index is -4.59. The van der Waals surface area contributed by atoms with E-state index in [1.165, 1.54) is 31.4 Å². The number of fused-ring (bicyclic) bond motifs is 2. The van der Waals surface area contributed by atoms with E-state index in [1.54, 1.807) is 25.3 Å². The fraction of sp³-hybridized carbons (Fsp3) is 0.500. The third-order valence-corrected chi connectivity index (χ3v) is 12.7. The van der Waals surface area contributed by atoms with Gasteiger partial charge in [0, 0.05) is 74.7 Å². The zero-order valence-corrected chi connectivity index (χ0v) is 33.2. The van der Waals surface area contributed by atoms with Gasteiger partial charge in [0.15, 0.2) is 5.71 Å². The molecule has 0 saturated carbocycles. The number of carboxylic acid groups (broad SMARTS) is 1. The van der Waals surface area contributed by atoms with Gasteiger partial charge >= 0.3 is 5.97 Å². The Labute approximate surface area is 317 Å². The van der Waals surface area contributed by atoms with Crippen LogP contribution in [0.1, 0.15) is 69.9 Å². The van der Waals surface area contributed by atoms with Crippen LogP contribution in [0.4, 0.5) is 11.4 Å². The summed E-state index contributed by atoms with van der Waals surface area (Å²) in [7, 11) is -10.4. The fourth-order valence-corrected chi connectivity index (χ4v) is 8.97. The van der Waals surface area contributed by atoms with Gasteiger partial charge in [-0.05, 0) is 87.9 Å². The molecule has 0 fully saturated rings. The lowest BCUT2D eigenvalue weighted by Gasteiger charge is -2.30. The Morgan fingerprint density at radius 1 is 0.815 bits per heavy atom. The lowest BCUT2D eigenvalue weighted by Crippen LogP contribution is -2.33. The molecule has 4 N–H and O–H groups in total. The van der Waals surface area contributed by atoms with Crippen LogP contribution >= 0.6 is 0 Å². The molecule has 0 bridgehead atoms. The molecule has 2 aromatic rings. The standard InChI is InChI=1S/C36H48N2O13S3/c1-35(17-9-23-52(41,42)43)28-24-26(53(44,45)46)14-16-31(28)38(20-22-51-4)32(35)10-8-11-33-36(2,18-21-50-3)29-25-27(54(47,48)49)13-15-30(29)37(33)19-7-5-6-12-34(39)40/h8,10-11,13-16,24-25H,5-7,9,12,17-23H2,1-4H3,(H3-,39,40,41,42,43,44,45,46,47,48,49)/p+1. The van der Waals surface area contributed by atoms with Gasteiger partial charge in [-0.15, -0.1) is 0 Å². The number of unbranched alkanes of at least 4 members (excludes halogenated alkanes) is 2. The zero-order chi connectivity index (χ0) is 40.1. The van der Waals surface area contributed by atoms with Crippen LogP contribution in [0.3, 0.4) is 0 Å². The Morgan fingerprint density at radius 3 is 2.04 bits per heavy atom. The molecule has 2 unspecified atom stereocenters. The van der Waals surface area contributed by atoms with Gasteiger partial charge in [-0.25, -0.2) is 0 Å². The number of hydrogen-bond acceptors (Lipinski definition) is 10. The van der Waals surface area contributed by atoms with Gasteiger partial charge in [-0.3, -0.25) is 18.5 Å². The van der Waals surface area contributed by atoms with E-state index >= 15 is 0 Å². The van der Waals surface area contributed by atoms with Crippen LogP contribution in [-0.2, 0) is 55.5 Å². The Hall–Kier alpha value is -3.49. The lowest BCUT2D eigenvalue weighted by molar-refractivity contribution is -0.438. The highest BCUT2D eigenvalue weighted by atomic mass is 32.2. The van der Waals surface area contributed by atoms with Crippen molar-refractivity contribution in [2.24, 2.45) is 0 Å². The molecule has 298 valence electrons. The number of nitrogens with zero attached hydrogens (tertiary/aromatic N) is 2. The second-order valence-electron chi connectivity index (χ2n) is 13.9. The average molecular weight is 814 g/mol. The molecule has 0 radical (unpaired) electrons. The van der Waals surface area contributed by atoms with Crippen LogP contribution in [0, 0.1) is 0 Å². The molecular weight excluding hydrogens is 765 g/mol. The monoisotopic (exact) mass is 813 g/mol. The molecule has 2 aliphatic heterocycles. The van der Waals surface area contributed by atoms with Crippen LogP contribution in [0.15, 0.2) is 70.1 Å². The van der Waals surface area contributed by atoms with E-state index in [1.807, 2.05) is 35.5 Å². The van der Waals surface area contributed by atoms with Crippen molar-refractivity contribution in [2.75, 3.05) is 51.2 Å². The summed E-state index contributed by atoms with van der Waals surface area (Å²) in [5.74, 6) is -1.42. The minimum absolute atomic E-state index is 0.0254. The number of ether oxygens (including phenoxy) is 2. The van der Waals surface area contributed by atoms with E-state index in [0.29, 0.717) is 73.6 Å². The smallest absolute Gasteiger partial charge is 0.303 e. The van der Waals surface area contributed by atoms with E-state index in [2.05, 4.69) is 0 Å². The summed E-state index contributed by atoms with van der Waals surface area (Å²) in [5.41, 5.74) is 2.13. The highest BCUT2D eigenvalue weighted by molar-refractivity contribution is 7.86. The maximum atomic E-state index is 12.2. The second kappa shape index (κ2) is 17.1. The minimum Gasteiger partial charge on any atom is -0.481 e. The number of hydrogen-bond donors (Lipinski definition) is 4. The van der Waals surface area contributed by atoms with Crippen LogP contribution in [0.2, 0.25) is 0 Å². The van der Waals surface area contributed by atoms with E-state index in [0.717, 1.165) is 5.71 Å². The number of allylic oxidation sites excluding steroid dienone is 4. The molecule has 54 heavy (non-hydrogen) atoms. The number of carboxylic acids is 1. The first-order chi connectivity index (χ1) is 25.2. The maximum Gasteiger partial charge on any atom is 0.303 e. The number of carbonyl (C=O) groups is 1. The third kappa shape index (κ3) is 9.84. The molecule has 0 aliphatic carbocycles. The van der Waals surface area contributed by atoms with Crippen molar-refractivity contribution >= 4 is 53.4 Å². The van der Waals surface area contributed by atoms with Gasteiger partial charge in [0.05, 0.1) is 27.6 Å². The molecule has 0 aromatic heterocycles. The van der Waals surface area contributed by atoms with Crippen molar-refractivity contribution in [1.29, 1.82) is 0 Å². The second-order valence-corrected chi connectivity index (χ2v) is 18.3. The predicted octanol–water partition coefficient (Wildman–Crippen LogP) is 4.75. The normalized spacial score (nSPS) is 21.0. The van der Waals surface area contributed by atoms with E-state index < -0.39 is 52.9 Å². The summed E-state index contributed by atoms with van der Waals surface area (Å²) in [6.45, 7) is 5.15.